The lowest BCUT2D eigenvalue weighted by molar-refractivity contribution is -0.145. The molecule has 0 bridgehead atoms. The van der Waals surface area contributed by atoms with E-state index in [2.05, 4.69) is 20.8 Å². The quantitative estimate of drug-likeness (QED) is 0.517. The maximum atomic E-state index is 13.3. The van der Waals surface area contributed by atoms with Crippen molar-refractivity contribution in [1.82, 2.24) is 0 Å². The monoisotopic (exact) mass is 338 g/mol. The van der Waals surface area contributed by atoms with Crippen LogP contribution < -0.4 is 4.74 Å². The summed E-state index contributed by atoms with van der Waals surface area (Å²) in [5, 5.41) is 0. The second kappa shape index (κ2) is 9.40. The number of hydrogen-bond donors (Lipinski definition) is 0. The molecule has 0 saturated carbocycles. The topological polar surface area (TPSA) is 52.6 Å². The van der Waals surface area contributed by atoms with Gasteiger partial charge in [-0.2, -0.15) is 0 Å². The minimum Gasteiger partial charge on any atom is -0.465 e. The summed E-state index contributed by atoms with van der Waals surface area (Å²) in [4.78, 5) is 23.3. The van der Waals surface area contributed by atoms with E-state index in [1.54, 1.807) is 6.07 Å². The van der Waals surface area contributed by atoms with Crippen LogP contribution >= 0.6 is 0 Å². The maximum Gasteiger partial charge on any atom is 0.311 e. The molecule has 0 heterocycles. The van der Waals surface area contributed by atoms with Crippen LogP contribution in [0.5, 0.6) is 5.75 Å². The summed E-state index contributed by atoms with van der Waals surface area (Å²) < 4.78 is 23.5. The fourth-order valence-electron chi connectivity index (χ4n) is 2.49. The van der Waals surface area contributed by atoms with Crippen LogP contribution in [0, 0.1) is 17.2 Å². The van der Waals surface area contributed by atoms with Gasteiger partial charge in [0, 0.05) is 12.8 Å². The first-order valence-corrected chi connectivity index (χ1v) is 8.28. The molecule has 1 rings (SSSR count). The Morgan fingerprint density at radius 1 is 1.12 bits per heavy atom. The summed E-state index contributed by atoms with van der Waals surface area (Å²) in [6.07, 6.45) is 1.48. The summed E-state index contributed by atoms with van der Waals surface area (Å²) in [7, 11) is 0. The van der Waals surface area contributed by atoms with Gasteiger partial charge in [0.25, 0.3) is 0 Å². The van der Waals surface area contributed by atoms with Crippen molar-refractivity contribution in [3.63, 3.8) is 0 Å². The molecule has 1 atom stereocenters. The van der Waals surface area contributed by atoms with E-state index in [9.17, 15) is 14.0 Å². The van der Waals surface area contributed by atoms with Crippen LogP contribution in [-0.4, -0.2) is 18.5 Å². The van der Waals surface area contributed by atoms with Gasteiger partial charge in [-0.05, 0) is 36.3 Å². The van der Waals surface area contributed by atoms with Gasteiger partial charge in [-0.25, -0.2) is 4.39 Å². The molecular weight excluding hydrogens is 311 g/mol. The first-order chi connectivity index (χ1) is 11.2. The zero-order valence-electron chi connectivity index (χ0n) is 14.9. The van der Waals surface area contributed by atoms with Crippen LogP contribution in [-0.2, 0) is 14.3 Å². The van der Waals surface area contributed by atoms with Crippen molar-refractivity contribution in [3.8, 4) is 5.75 Å². The van der Waals surface area contributed by atoms with Gasteiger partial charge in [0.1, 0.15) is 0 Å². The Labute approximate surface area is 143 Å². The van der Waals surface area contributed by atoms with Gasteiger partial charge < -0.3 is 9.47 Å². The maximum absolute atomic E-state index is 13.3. The van der Waals surface area contributed by atoms with E-state index >= 15 is 0 Å². The first kappa shape index (κ1) is 20.1. The van der Waals surface area contributed by atoms with Crippen LogP contribution in [0.3, 0.4) is 0 Å². The summed E-state index contributed by atoms with van der Waals surface area (Å²) in [6.45, 7) is 8.87. The lowest BCUT2D eigenvalue weighted by Gasteiger charge is -2.22. The summed E-state index contributed by atoms with van der Waals surface area (Å²) >= 11 is 0. The van der Waals surface area contributed by atoms with Crippen molar-refractivity contribution in [2.24, 2.45) is 11.3 Å². The number of esters is 2. The molecule has 0 fully saturated rings. The standard InChI is InChI=1S/C19H27FO4/c1-14(12-19(2,3)4)13-23-17(21)10-7-11-18(22)24-16-9-6-5-8-15(16)20/h5-6,8-9,14H,7,10-13H2,1-4H3. The second-order valence-corrected chi connectivity index (χ2v) is 7.31. The van der Waals surface area contributed by atoms with Crippen LogP contribution in [0.1, 0.15) is 53.4 Å². The molecule has 134 valence electrons. The van der Waals surface area contributed by atoms with E-state index in [0.29, 0.717) is 18.9 Å². The highest BCUT2D eigenvalue weighted by atomic mass is 19.1. The Balaban J connectivity index is 2.21. The van der Waals surface area contributed by atoms with Crippen molar-refractivity contribution in [1.29, 1.82) is 0 Å². The second-order valence-electron chi connectivity index (χ2n) is 7.31. The third-order valence-electron chi connectivity index (χ3n) is 3.31. The summed E-state index contributed by atoms with van der Waals surface area (Å²) in [5.41, 5.74) is 0.197. The van der Waals surface area contributed by atoms with Crippen LogP contribution in [0.25, 0.3) is 0 Å². The van der Waals surface area contributed by atoms with Gasteiger partial charge in [0.2, 0.25) is 0 Å². The molecule has 0 aliphatic heterocycles. The molecule has 1 aromatic rings. The highest BCUT2D eigenvalue weighted by Crippen LogP contribution is 2.24. The molecule has 0 saturated heterocycles. The van der Waals surface area contributed by atoms with Crippen molar-refractivity contribution < 1.29 is 23.5 Å². The van der Waals surface area contributed by atoms with Crippen molar-refractivity contribution >= 4 is 11.9 Å². The summed E-state index contributed by atoms with van der Waals surface area (Å²) in [5.74, 6) is -1.28. The Kier molecular flexibility index (Phi) is 7.89. The number of hydrogen-bond acceptors (Lipinski definition) is 4. The molecule has 4 nitrogen and oxygen atoms in total. The van der Waals surface area contributed by atoms with E-state index in [1.807, 2.05) is 6.92 Å². The molecule has 1 unspecified atom stereocenters. The smallest absolute Gasteiger partial charge is 0.311 e. The van der Waals surface area contributed by atoms with Crippen LogP contribution in [0.15, 0.2) is 24.3 Å². The predicted molar refractivity (Wildman–Crippen MR) is 90.1 cm³/mol. The first-order valence-electron chi connectivity index (χ1n) is 8.28. The van der Waals surface area contributed by atoms with Crippen molar-refractivity contribution in [2.45, 2.75) is 53.4 Å². The average Bonchev–Trinajstić information content (AvgIpc) is 2.46. The summed E-state index contributed by atoms with van der Waals surface area (Å²) in [6, 6.07) is 5.71. The molecule has 24 heavy (non-hydrogen) atoms. The highest BCUT2D eigenvalue weighted by molar-refractivity contribution is 5.74. The molecule has 0 spiro atoms. The molecular formula is C19H27FO4. The zero-order chi connectivity index (χ0) is 18.2. The Morgan fingerprint density at radius 2 is 1.75 bits per heavy atom. The third kappa shape index (κ3) is 8.65. The number of rotatable bonds is 8. The Hall–Kier alpha value is -1.91. The fourth-order valence-corrected chi connectivity index (χ4v) is 2.49. The molecule has 0 N–H and O–H groups in total. The molecule has 0 aliphatic rings. The van der Waals surface area contributed by atoms with Crippen LogP contribution in [0.2, 0.25) is 0 Å². The van der Waals surface area contributed by atoms with E-state index < -0.39 is 11.8 Å². The molecule has 1 aromatic carbocycles. The number of benzene rings is 1. The molecule has 0 aromatic heterocycles. The van der Waals surface area contributed by atoms with Gasteiger partial charge in [0.15, 0.2) is 11.6 Å². The van der Waals surface area contributed by atoms with Crippen molar-refractivity contribution in [3.05, 3.63) is 30.1 Å². The molecule has 0 aliphatic carbocycles. The number of halogens is 1. The fraction of sp³-hybridized carbons (Fsp3) is 0.579. The Morgan fingerprint density at radius 3 is 2.38 bits per heavy atom. The zero-order valence-corrected chi connectivity index (χ0v) is 14.9. The Bertz CT molecular complexity index is 549. The lowest BCUT2D eigenvalue weighted by Crippen LogP contribution is -2.18. The predicted octanol–water partition coefficient (Wildman–Crippen LogP) is 4.52. The van der Waals surface area contributed by atoms with E-state index in [0.717, 1.165) is 6.42 Å². The molecule has 5 heteroatoms. The third-order valence-corrected chi connectivity index (χ3v) is 3.31. The lowest BCUT2D eigenvalue weighted by atomic mass is 9.86. The van der Waals surface area contributed by atoms with Gasteiger partial charge in [0.05, 0.1) is 6.61 Å². The number of carbonyl (C=O) groups excluding carboxylic acids is 2. The van der Waals surface area contributed by atoms with Crippen molar-refractivity contribution in [2.75, 3.05) is 6.61 Å². The van der Waals surface area contributed by atoms with E-state index in [4.69, 9.17) is 9.47 Å². The SMILES string of the molecule is CC(COC(=O)CCCC(=O)Oc1ccccc1F)CC(C)(C)C. The van der Waals surface area contributed by atoms with Gasteiger partial charge >= 0.3 is 11.9 Å². The van der Waals surface area contributed by atoms with E-state index in [1.165, 1.54) is 18.2 Å². The van der Waals surface area contributed by atoms with Crippen LogP contribution in [0.4, 0.5) is 4.39 Å². The normalized spacial score (nSPS) is 12.5. The average molecular weight is 338 g/mol. The minimum absolute atomic E-state index is 0.0426. The van der Waals surface area contributed by atoms with Gasteiger partial charge in [-0.1, -0.05) is 39.8 Å². The molecule has 0 radical (unpaired) electrons. The number of ether oxygens (including phenoxy) is 2. The van der Waals surface area contributed by atoms with E-state index in [-0.39, 0.29) is 30.0 Å². The van der Waals surface area contributed by atoms with Gasteiger partial charge in [-0.3, -0.25) is 9.59 Å². The van der Waals surface area contributed by atoms with Gasteiger partial charge in [-0.15, -0.1) is 0 Å². The number of carbonyl (C=O) groups is 2. The minimum atomic E-state index is -0.585. The molecule has 0 amide bonds. The highest BCUT2D eigenvalue weighted by Gasteiger charge is 2.17. The largest absolute Gasteiger partial charge is 0.465 e. The number of para-hydroxylation sites is 1.